The van der Waals surface area contributed by atoms with Gasteiger partial charge >= 0.3 is 0 Å². The zero-order valence-electron chi connectivity index (χ0n) is 20.4. The van der Waals surface area contributed by atoms with Crippen molar-refractivity contribution in [2.75, 3.05) is 78.9 Å². The normalized spacial score (nSPS) is 17.2. The Bertz CT molecular complexity index is 1160. The van der Waals surface area contributed by atoms with Gasteiger partial charge in [-0.05, 0) is 40.5 Å². The highest BCUT2D eigenvalue weighted by molar-refractivity contribution is 6.16. The lowest BCUT2D eigenvalue weighted by Gasteiger charge is -2.26. The second-order valence-corrected chi connectivity index (χ2v) is 9.15. The molecule has 6 nitrogen and oxygen atoms in total. The molecule has 0 spiro atoms. The van der Waals surface area contributed by atoms with Gasteiger partial charge in [0.25, 0.3) is 0 Å². The molecule has 2 saturated heterocycles. The number of hydrogen-bond donors (Lipinski definition) is 0. The van der Waals surface area contributed by atoms with Crippen LogP contribution in [0, 0.1) is 0 Å². The molecule has 0 atom stereocenters. The highest BCUT2D eigenvalue weighted by atomic mass is 35.5. The highest BCUT2D eigenvalue weighted by Crippen LogP contribution is 2.50. The molecule has 3 aliphatic rings. The third-order valence-corrected chi connectivity index (χ3v) is 7.12. The largest absolute Gasteiger partial charge is 0.492 e. The summed E-state index contributed by atoms with van der Waals surface area (Å²) in [7, 11) is 0. The van der Waals surface area contributed by atoms with Gasteiger partial charge < -0.3 is 18.9 Å². The molecule has 0 N–H and O–H groups in total. The van der Waals surface area contributed by atoms with Gasteiger partial charge in [0.15, 0.2) is 0 Å². The molecule has 194 valence electrons. The Hall–Kier alpha value is -2.06. The van der Waals surface area contributed by atoms with Crippen molar-refractivity contribution in [1.29, 1.82) is 0 Å². The molecule has 0 unspecified atom stereocenters. The van der Waals surface area contributed by atoms with Gasteiger partial charge in [-0.1, -0.05) is 30.3 Å². The molecule has 6 rings (SSSR count). The quantitative estimate of drug-likeness (QED) is 0.326. The first-order chi connectivity index (χ1) is 16.9. The smallest absolute Gasteiger partial charge is 0.127 e. The maximum absolute atomic E-state index is 6.27. The molecule has 0 saturated carbocycles. The predicted octanol–water partition coefficient (Wildman–Crippen LogP) is 4.75. The Morgan fingerprint density at radius 3 is 1.94 bits per heavy atom. The second-order valence-electron chi connectivity index (χ2n) is 9.15. The number of fused-ring (bicyclic) bond motifs is 3. The first kappa shape index (κ1) is 27.0. The van der Waals surface area contributed by atoms with E-state index in [0.29, 0.717) is 13.2 Å². The number of ether oxygens (including phenoxy) is 4. The average molecular weight is 533 g/mol. The van der Waals surface area contributed by atoms with Crippen LogP contribution >= 0.6 is 24.8 Å². The Balaban J connectivity index is 0.00000152. The predicted molar refractivity (Wildman–Crippen MR) is 148 cm³/mol. The monoisotopic (exact) mass is 532 g/mol. The Morgan fingerprint density at radius 2 is 1.25 bits per heavy atom. The van der Waals surface area contributed by atoms with E-state index < -0.39 is 0 Å². The number of hydrogen-bond acceptors (Lipinski definition) is 6. The molecule has 0 amide bonds. The maximum Gasteiger partial charge on any atom is 0.127 e. The summed E-state index contributed by atoms with van der Waals surface area (Å²) in [5, 5.41) is 2.47. The van der Waals surface area contributed by atoms with Gasteiger partial charge in [0.2, 0.25) is 0 Å². The fourth-order valence-electron chi connectivity index (χ4n) is 5.25. The van der Waals surface area contributed by atoms with Crippen LogP contribution in [-0.2, 0) is 9.47 Å². The SMILES string of the molecule is Cl.Cl.c1cc2c3c(ccc(OCCN4CCOCC4)c3c1)-c1cc(OCCN3CCOCC3)ccc1-2. The summed E-state index contributed by atoms with van der Waals surface area (Å²) in [6.45, 7) is 10.5. The minimum absolute atomic E-state index is 0. The maximum atomic E-state index is 6.27. The Labute approximate surface area is 225 Å². The van der Waals surface area contributed by atoms with Crippen molar-refractivity contribution in [3.8, 4) is 33.8 Å². The highest BCUT2D eigenvalue weighted by Gasteiger charge is 2.23. The van der Waals surface area contributed by atoms with Crippen LogP contribution in [0.2, 0.25) is 0 Å². The molecule has 2 heterocycles. The van der Waals surface area contributed by atoms with Gasteiger partial charge in [-0.3, -0.25) is 9.80 Å². The van der Waals surface area contributed by atoms with Crippen molar-refractivity contribution in [1.82, 2.24) is 9.80 Å². The van der Waals surface area contributed by atoms with E-state index in [2.05, 4.69) is 58.3 Å². The van der Waals surface area contributed by atoms with Gasteiger partial charge in [-0.2, -0.15) is 0 Å². The minimum Gasteiger partial charge on any atom is -0.492 e. The van der Waals surface area contributed by atoms with E-state index in [4.69, 9.17) is 18.9 Å². The summed E-state index contributed by atoms with van der Waals surface area (Å²) in [6.07, 6.45) is 0. The van der Waals surface area contributed by atoms with E-state index in [-0.39, 0.29) is 24.8 Å². The van der Waals surface area contributed by atoms with Crippen LogP contribution in [0.4, 0.5) is 0 Å². The number of rotatable bonds is 8. The molecule has 3 aromatic carbocycles. The van der Waals surface area contributed by atoms with Crippen molar-refractivity contribution in [2.45, 2.75) is 0 Å². The average Bonchev–Trinajstić information content (AvgIpc) is 3.21. The van der Waals surface area contributed by atoms with Gasteiger partial charge in [0, 0.05) is 50.0 Å². The molecule has 0 aromatic heterocycles. The topological polar surface area (TPSA) is 43.4 Å². The van der Waals surface area contributed by atoms with Crippen LogP contribution in [0.25, 0.3) is 33.0 Å². The van der Waals surface area contributed by atoms with Crippen LogP contribution in [0.3, 0.4) is 0 Å². The van der Waals surface area contributed by atoms with E-state index in [0.717, 1.165) is 77.2 Å². The molecule has 3 aromatic rings. The summed E-state index contributed by atoms with van der Waals surface area (Å²) in [6, 6.07) is 17.4. The molecule has 2 aliphatic heterocycles. The summed E-state index contributed by atoms with van der Waals surface area (Å²) in [5.74, 6) is 1.89. The minimum atomic E-state index is 0. The zero-order valence-corrected chi connectivity index (χ0v) is 22.1. The van der Waals surface area contributed by atoms with E-state index in [9.17, 15) is 0 Å². The molecule has 1 aliphatic carbocycles. The third kappa shape index (κ3) is 5.59. The van der Waals surface area contributed by atoms with Crippen molar-refractivity contribution in [2.24, 2.45) is 0 Å². The summed E-state index contributed by atoms with van der Waals surface area (Å²) >= 11 is 0. The lowest BCUT2D eigenvalue weighted by molar-refractivity contribution is 0.0322. The summed E-state index contributed by atoms with van der Waals surface area (Å²) < 4.78 is 23.3. The molecule has 8 heteroatoms. The fourth-order valence-corrected chi connectivity index (χ4v) is 5.25. The van der Waals surface area contributed by atoms with E-state index in [1.807, 2.05) is 0 Å². The summed E-state index contributed by atoms with van der Waals surface area (Å²) in [4.78, 5) is 4.80. The molecular weight excluding hydrogens is 499 g/mol. The van der Waals surface area contributed by atoms with Crippen LogP contribution in [0.15, 0.2) is 48.5 Å². The number of morpholine rings is 2. The Kier molecular flexibility index (Phi) is 9.34. The van der Waals surface area contributed by atoms with Crippen LogP contribution in [0.1, 0.15) is 0 Å². The zero-order chi connectivity index (χ0) is 22.7. The molecule has 0 radical (unpaired) electrons. The molecular formula is C28H34Cl2N2O4. The second kappa shape index (κ2) is 12.5. The van der Waals surface area contributed by atoms with Crippen LogP contribution in [-0.4, -0.2) is 88.7 Å². The van der Waals surface area contributed by atoms with Gasteiger partial charge in [0.05, 0.1) is 26.4 Å². The van der Waals surface area contributed by atoms with Gasteiger partial charge in [-0.15, -0.1) is 24.8 Å². The molecule has 36 heavy (non-hydrogen) atoms. The van der Waals surface area contributed by atoms with Crippen molar-refractivity contribution in [3.05, 3.63) is 48.5 Å². The van der Waals surface area contributed by atoms with Gasteiger partial charge in [0.1, 0.15) is 24.7 Å². The van der Waals surface area contributed by atoms with Crippen molar-refractivity contribution in [3.63, 3.8) is 0 Å². The number of nitrogens with zero attached hydrogens (tertiary/aromatic N) is 2. The van der Waals surface area contributed by atoms with Gasteiger partial charge in [-0.25, -0.2) is 0 Å². The first-order valence-corrected chi connectivity index (χ1v) is 12.4. The first-order valence-electron chi connectivity index (χ1n) is 12.4. The van der Waals surface area contributed by atoms with E-state index in [1.165, 1.54) is 33.0 Å². The van der Waals surface area contributed by atoms with Crippen LogP contribution in [0.5, 0.6) is 11.5 Å². The van der Waals surface area contributed by atoms with Crippen molar-refractivity contribution < 1.29 is 18.9 Å². The Morgan fingerprint density at radius 1 is 0.639 bits per heavy atom. The summed E-state index contributed by atoms with van der Waals surface area (Å²) in [5.41, 5.74) is 5.06. The third-order valence-electron chi connectivity index (χ3n) is 7.12. The molecule has 2 fully saturated rings. The number of benzene rings is 3. The molecule has 0 bridgehead atoms. The van der Waals surface area contributed by atoms with Crippen molar-refractivity contribution >= 4 is 35.6 Å². The lowest BCUT2D eigenvalue weighted by Crippen LogP contribution is -2.38. The lowest BCUT2D eigenvalue weighted by atomic mass is 10.0. The van der Waals surface area contributed by atoms with E-state index in [1.54, 1.807) is 0 Å². The fraction of sp³-hybridized carbons (Fsp3) is 0.429. The van der Waals surface area contributed by atoms with Crippen LogP contribution < -0.4 is 9.47 Å². The van der Waals surface area contributed by atoms with E-state index >= 15 is 0 Å². The number of halogens is 2. The standard InChI is InChI=1S/C28H32N2O4.2ClH/c1-2-23-22-5-4-21(33-18-12-29-8-14-31-15-9-29)20-26(22)24-6-7-27(25(3-1)28(23)24)34-19-13-30-10-16-32-17-11-30;;/h1-7,20H,8-19H2;2*1H.